The van der Waals surface area contributed by atoms with Crippen LogP contribution in [0.4, 0.5) is 14.5 Å². The highest BCUT2D eigenvalue weighted by atomic mass is 32.1. The molecule has 4 aromatic rings. The molecule has 2 aromatic carbocycles. The van der Waals surface area contributed by atoms with Crippen LogP contribution in [0, 0.1) is 11.6 Å². The molecule has 1 aliphatic heterocycles. The molecule has 0 saturated carbocycles. The Balaban J connectivity index is 1.42. The SMILES string of the molecule is CC(C)n1cnc(-c2ccc(F)cc2)c1-c1nc(C(=O)Nc2ccc(C3COC3)cc2F)cs1. The van der Waals surface area contributed by atoms with E-state index in [1.807, 2.05) is 18.4 Å². The second-order valence-electron chi connectivity index (χ2n) is 8.42. The molecule has 6 nitrogen and oxygen atoms in total. The molecule has 9 heteroatoms. The van der Waals surface area contributed by atoms with Gasteiger partial charge in [0, 0.05) is 22.9 Å². The lowest BCUT2D eigenvalue weighted by Crippen LogP contribution is -2.25. The Morgan fingerprint density at radius 2 is 1.94 bits per heavy atom. The van der Waals surface area contributed by atoms with Gasteiger partial charge in [-0.05, 0) is 55.8 Å². The van der Waals surface area contributed by atoms with Crippen molar-refractivity contribution in [2.45, 2.75) is 25.8 Å². The van der Waals surface area contributed by atoms with Gasteiger partial charge >= 0.3 is 0 Å². The molecule has 1 N–H and O–H groups in total. The van der Waals surface area contributed by atoms with Crippen LogP contribution in [0.25, 0.3) is 22.0 Å². The minimum atomic E-state index is -0.500. The number of ether oxygens (including phenoxy) is 1. The molecule has 3 heterocycles. The summed E-state index contributed by atoms with van der Waals surface area (Å²) in [5.74, 6) is -1.13. The lowest BCUT2D eigenvalue weighted by Gasteiger charge is -2.26. The van der Waals surface area contributed by atoms with Crippen LogP contribution in [0.1, 0.15) is 41.9 Å². The van der Waals surface area contributed by atoms with Crippen molar-refractivity contribution in [1.29, 1.82) is 0 Å². The second kappa shape index (κ2) is 9.08. The number of thiazole rings is 1. The Kier molecular flexibility index (Phi) is 5.97. The quantitative estimate of drug-likeness (QED) is 0.373. The zero-order valence-electron chi connectivity index (χ0n) is 18.6. The van der Waals surface area contributed by atoms with Gasteiger partial charge in [-0.1, -0.05) is 6.07 Å². The molecule has 0 spiro atoms. The van der Waals surface area contributed by atoms with Crippen molar-refractivity contribution in [2.75, 3.05) is 18.5 Å². The van der Waals surface area contributed by atoms with E-state index in [-0.39, 0.29) is 29.2 Å². The van der Waals surface area contributed by atoms with E-state index in [0.29, 0.717) is 23.9 Å². The molecule has 0 atom stereocenters. The van der Waals surface area contributed by atoms with Crippen LogP contribution in [0.3, 0.4) is 0 Å². The van der Waals surface area contributed by atoms with Crippen molar-refractivity contribution in [3.8, 4) is 22.0 Å². The first kappa shape index (κ1) is 22.4. The van der Waals surface area contributed by atoms with Crippen LogP contribution in [0.15, 0.2) is 54.2 Å². The first-order valence-electron chi connectivity index (χ1n) is 10.9. The molecule has 0 radical (unpaired) electrons. The molecule has 1 amide bonds. The summed E-state index contributed by atoms with van der Waals surface area (Å²) < 4.78 is 35.1. The predicted molar refractivity (Wildman–Crippen MR) is 127 cm³/mol. The van der Waals surface area contributed by atoms with Gasteiger partial charge in [-0.25, -0.2) is 18.7 Å². The maximum absolute atomic E-state index is 14.6. The minimum Gasteiger partial charge on any atom is -0.380 e. The standard InChI is InChI=1S/C25H22F2N4O2S/c1-14(2)31-13-28-22(15-3-6-18(26)7-4-15)23(31)25-30-21(12-34-25)24(32)29-20-8-5-16(9-19(20)27)17-10-33-11-17/h3-9,12-14,17H,10-11H2,1-2H3,(H,29,32). The predicted octanol–water partition coefficient (Wildman–Crippen LogP) is 5.90. The largest absolute Gasteiger partial charge is 0.380 e. The first-order chi connectivity index (χ1) is 16.4. The number of hydrogen-bond donors (Lipinski definition) is 1. The van der Waals surface area contributed by atoms with Gasteiger partial charge < -0.3 is 14.6 Å². The zero-order valence-corrected chi connectivity index (χ0v) is 19.4. The number of nitrogens with zero attached hydrogens (tertiary/aromatic N) is 3. The van der Waals surface area contributed by atoms with Gasteiger partial charge in [-0.2, -0.15) is 0 Å². The lowest BCUT2D eigenvalue weighted by atomic mass is 9.97. The number of imidazole rings is 1. The zero-order chi connectivity index (χ0) is 23.8. The van der Waals surface area contributed by atoms with Crippen LogP contribution < -0.4 is 5.32 Å². The molecule has 1 aliphatic rings. The molecule has 1 saturated heterocycles. The van der Waals surface area contributed by atoms with E-state index in [9.17, 15) is 13.6 Å². The highest BCUT2D eigenvalue weighted by Gasteiger charge is 2.23. The summed E-state index contributed by atoms with van der Waals surface area (Å²) in [7, 11) is 0. The van der Waals surface area contributed by atoms with Crippen molar-refractivity contribution in [2.24, 2.45) is 0 Å². The fourth-order valence-corrected chi connectivity index (χ4v) is 4.62. The smallest absolute Gasteiger partial charge is 0.275 e. The van der Waals surface area contributed by atoms with Crippen LogP contribution in [-0.2, 0) is 4.74 Å². The third-order valence-corrected chi connectivity index (χ3v) is 6.61. The summed E-state index contributed by atoms with van der Waals surface area (Å²) in [6.07, 6.45) is 1.71. The Bertz CT molecular complexity index is 1340. The third kappa shape index (κ3) is 4.24. The van der Waals surface area contributed by atoms with Gasteiger partial charge in [-0.15, -0.1) is 11.3 Å². The fourth-order valence-electron chi connectivity index (χ4n) is 3.77. The highest BCUT2D eigenvalue weighted by molar-refractivity contribution is 7.13. The normalized spacial score (nSPS) is 13.8. The molecular formula is C25H22F2N4O2S. The number of carbonyl (C=O) groups excluding carboxylic acids is 1. The summed E-state index contributed by atoms with van der Waals surface area (Å²) in [5.41, 5.74) is 3.27. The van der Waals surface area contributed by atoms with Crippen molar-refractivity contribution < 1.29 is 18.3 Å². The minimum absolute atomic E-state index is 0.0894. The van der Waals surface area contributed by atoms with E-state index >= 15 is 0 Å². The fraction of sp³-hybridized carbons (Fsp3) is 0.240. The van der Waals surface area contributed by atoms with Crippen LogP contribution >= 0.6 is 11.3 Å². The number of benzene rings is 2. The summed E-state index contributed by atoms with van der Waals surface area (Å²) in [6.45, 7) is 5.20. The van der Waals surface area contributed by atoms with Gasteiger partial charge in [0.25, 0.3) is 5.91 Å². The number of rotatable bonds is 6. The molecule has 34 heavy (non-hydrogen) atoms. The number of nitrogens with one attached hydrogen (secondary N) is 1. The van der Waals surface area contributed by atoms with Crippen molar-refractivity contribution in [1.82, 2.24) is 14.5 Å². The van der Waals surface area contributed by atoms with Gasteiger partial charge in [0.05, 0.1) is 30.9 Å². The maximum Gasteiger partial charge on any atom is 0.275 e. The van der Waals surface area contributed by atoms with Gasteiger partial charge in [0.15, 0.2) is 0 Å². The summed E-state index contributed by atoms with van der Waals surface area (Å²) in [4.78, 5) is 21.9. The number of amides is 1. The Hall–Kier alpha value is -3.43. The molecular weight excluding hydrogens is 458 g/mol. The van der Waals surface area contributed by atoms with E-state index in [1.54, 1.807) is 36.0 Å². The third-order valence-electron chi connectivity index (χ3n) is 5.76. The summed E-state index contributed by atoms with van der Waals surface area (Å²) in [6, 6.07) is 11.0. The maximum atomic E-state index is 14.6. The second-order valence-corrected chi connectivity index (χ2v) is 9.27. The van der Waals surface area contributed by atoms with Crippen LogP contribution in [0.2, 0.25) is 0 Å². The molecule has 0 unspecified atom stereocenters. The summed E-state index contributed by atoms with van der Waals surface area (Å²) in [5, 5.41) is 4.84. The van der Waals surface area contributed by atoms with Crippen molar-refractivity contribution in [3.05, 3.63) is 77.1 Å². The molecule has 174 valence electrons. The average molecular weight is 481 g/mol. The average Bonchev–Trinajstić information content (AvgIpc) is 3.42. The Labute approximate surface area is 199 Å². The molecule has 0 bridgehead atoms. The number of carbonyl (C=O) groups is 1. The number of halogens is 2. The number of anilines is 1. The molecule has 0 aliphatic carbocycles. The highest BCUT2D eigenvalue weighted by Crippen LogP contribution is 2.35. The van der Waals surface area contributed by atoms with Gasteiger partial charge in [0.1, 0.15) is 28.0 Å². The Morgan fingerprint density at radius 3 is 2.59 bits per heavy atom. The van der Waals surface area contributed by atoms with Crippen LogP contribution in [-0.4, -0.2) is 33.7 Å². The van der Waals surface area contributed by atoms with Crippen molar-refractivity contribution in [3.63, 3.8) is 0 Å². The van der Waals surface area contributed by atoms with Crippen LogP contribution in [0.5, 0.6) is 0 Å². The van der Waals surface area contributed by atoms with Gasteiger partial charge in [0.2, 0.25) is 0 Å². The number of hydrogen-bond acceptors (Lipinski definition) is 5. The first-order valence-corrected chi connectivity index (χ1v) is 11.8. The lowest BCUT2D eigenvalue weighted by molar-refractivity contribution is 0.00833. The van der Waals surface area contributed by atoms with E-state index in [1.165, 1.54) is 29.5 Å². The molecule has 5 rings (SSSR count). The summed E-state index contributed by atoms with van der Waals surface area (Å²) >= 11 is 1.30. The molecule has 2 aromatic heterocycles. The van der Waals surface area contributed by atoms with E-state index in [4.69, 9.17) is 4.74 Å². The monoisotopic (exact) mass is 480 g/mol. The van der Waals surface area contributed by atoms with E-state index in [0.717, 1.165) is 16.8 Å². The van der Waals surface area contributed by atoms with Gasteiger partial charge in [-0.3, -0.25) is 4.79 Å². The Morgan fingerprint density at radius 1 is 1.18 bits per heavy atom. The molecule has 1 fully saturated rings. The van der Waals surface area contributed by atoms with Crippen molar-refractivity contribution >= 4 is 22.9 Å². The van der Waals surface area contributed by atoms with E-state index < -0.39 is 11.7 Å². The topological polar surface area (TPSA) is 69.0 Å². The van der Waals surface area contributed by atoms with E-state index in [2.05, 4.69) is 15.3 Å². The number of aromatic nitrogens is 3.